The molecule has 0 aliphatic heterocycles. The van der Waals surface area contributed by atoms with Crippen molar-refractivity contribution in [3.63, 3.8) is 0 Å². The van der Waals surface area contributed by atoms with E-state index in [2.05, 4.69) is 173 Å². The van der Waals surface area contributed by atoms with Crippen LogP contribution in [0.1, 0.15) is 18.0 Å². The Kier molecular flexibility index (Phi) is 6.39. The molecule has 0 amide bonds. The molecule has 0 spiro atoms. The first kappa shape index (κ1) is 30.2. The van der Waals surface area contributed by atoms with Crippen LogP contribution in [0.15, 0.2) is 181 Å². The molecule has 4 heterocycles. The maximum Gasteiger partial charge on any atom is 0.246 e. The Morgan fingerprint density at radius 3 is 1.96 bits per heavy atom. The van der Waals surface area contributed by atoms with Crippen molar-refractivity contribution >= 4 is 82.3 Å². The number of benzene rings is 7. The summed E-state index contributed by atoms with van der Waals surface area (Å²) in [6.07, 6.45) is 9.36. The van der Waals surface area contributed by atoms with Crippen molar-refractivity contribution in [1.82, 2.24) is 19.1 Å². The molecule has 4 aromatic heterocycles. The Hall–Kier alpha value is -7.24. The lowest BCUT2D eigenvalue weighted by molar-refractivity contribution is 0.646. The standard InChI is InChI=1S/C50H32N4O/c1-2-13-35(14-3-1)53-43-19-8-6-17-38(43)40-28-32(21-24-45(40)53)33-22-25-46-41(29-33)39-18-7-9-20-44(39)54(46)36-15-10-12-34(27-36)42-30-51-49-48-37-16-5-4-11-31(37)23-26-47(48)55-50(49)52-42/h1-26,28-30,34H,27H2. The number of aromatic nitrogens is 4. The number of fused-ring (bicyclic) bond motifs is 11. The van der Waals surface area contributed by atoms with Gasteiger partial charge in [-0.1, -0.05) is 109 Å². The molecule has 7 aromatic carbocycles. The Morgan fingerprint density at radius 2 is 1.20 bits per heavy atom. The quantitative estimate of drug-likeness (QED) is 0.183. The number of nitrogens with zero attached hydrogens (tertiary/aromatic N) is 4. The van der Waals surface area contributed by atoms with Gasteiger partial charge in [0.15, 0.2) is 0 Å². The summed E-state index contributed by atoms with van der Waals surface area (Å²) in [5, 5.41) is 8.31. The van der Waals surface area contributed by atoms with Gasteiger partial charge >= 0.3 is 0 Å². The molecule has 1 aliphatic rings. The molecule has 11 aromatic rings. The summed E-state index contributed by atoms with van der Waals surface area (Å²) in [5.41, 5.74) is 12.7. The van der Waals surface area contributed by atoms with Gasteiger partial charge in [0.1, 0.15) is 11.1 Å². The lowest BCUT2D eigenvalue weighted by atomic mass is 9.95. The van der Waals surface area contributed by atoms with E-state index in [1.54, 1.807) is 0 Å². The molecular formula is C50H32N4O. The summed E-state index contributed by atoms with van der Waals surface area (Å²) in [6, 6.07) is 54.4. The van der Waals surface area contributed by atoms with Crippen LogP contribution in [-0.2, 0) is 0 Å². The number of furan rings is 1. The van der Waals surface area contributed by atoms with Crippen molar-refractivity contribution in [2.45, 2.75) is 12.3 Å². The highest BCUT2D eigenvalue weighted by Crippen LogP contribution is 2.41. The molecule has 1 aliphatic carbocycles. The van der Waals surface area contributed by atoms with Gasteiger partial charge in [-0.25, -0.2) is 9.97 Å². The Bertz CT molecular complexity index is 3420. The zero-order valence-corrected chi connectivity index (χ0v) is 29.7. The van der Waals surface area contributed by atoms with Crippen LogP contribution in [0.2, 0.25) is 0 Å². The van der Waals surface area contributed by atoms with E-state index >= 15 is 0 Å². The molecule has 0 saturated heterocycles. The van der Waals surface area contributed by atoms with E-state index in [0.29, 0.717) is 5.71 Å². The van der Waals surface area contributed by atoms with Gasteiger partial charge in [0.25, 0.3) is 0 Å². The topological polar surface area (TPSA) is 48.8 Å². The minimum Gasteiger partial charge on any atom is -0.436 e. The molecular weight excluding hydrogens is 673 g/mol. The summed E-state index contributed by atoms with van der Waals surface area (Å²) >= 11 is 0. The molecule has 0 bridgehead atoms. The predicted octanol–water partition coefficient (Wildman–Crippen LogP) is 13.0. The van der Waals surface area contributed by atoms with Gasteiger partial charge in [0, 0.05) is 38.8 Å². The number of rotatable bonds is 4. The van der Waals surface area contributed by atoms with E-state index in [-0.39, 0.29) is 5.92 Å². The normalized spacial score (nSPS) is 14.7. The van der Waals surface area contributed by atoms with E-state index in [0.717, 1.165) is 34.0 Å². The SMILES string of the molecule is C1=CC(c2cnc3c(n2)oc2ccc4ccccc4c23)CC(n2c3ccccc3c3cc(-c4ccc5c(c4)c4ccccc4n5-c4ccccc4)ccc32)=C1. The summed E-state index contributed by atoms with van der Waals surface area (Å²) in [5.74, 6) is 0.0575. The predicted molar refractivity (Wildman–Crippen MR) is 227 cm³/mol. The zero-order valence-electron chi connectivity index (χ0n) is 29.7. The smallest absolute Gasteiger partial charge is 0.246 e. The summed E-state index contributed by atoms with van der Waals surface area (Å²) in [7, 11) is 0. The van der Waals surface area contributed by atoms with E-state index in [1.807, 2.05) is 12.3 Å². The van der Waals surface area contributed by atoms with Gasteiger partial charge in [0.2, 0.25) is 5.71 Å². The van der Waals surface area contributed by atoms with Gasteiger partial charge < -0.3 is 13.6 Å². The second kappa shape index (κ2) is 11.6. The third kappa shape index (κ3) is 4.53. The third-order valence-electron chi connectivity index (χ3n) is 11.5. The van der Waals surface area contributed by atoms with E-state index in [4.69, 9.17) is 14.4 Å². The second-order valence-corrected chi connectivity index (χ2v) is 14.6. The van der Waals surface area contributed by atoms with E-state index < -0.39 is 0 Å². The number of para-hydroxylation sites is 3. The number of allylic oxidation sites excluding steroid dienone is 4. The molecule has 1 unspecified atom stereocenters. The van der Waals surface area contributed by atoms with Crippen molar-refractivity contribution in [2.24, 2.45) is 0 Å². The van der Waals surface area contributed by atoms with Crippen molar-refractivity contribution in [3.8, 4) is 16.8 Å². The van der Waals surface area contributed by atoms with Gasteiger partial charge in [0.05, 0.1) is 39.3 Å². The van der Waals surface area contributed by atoms with Crippen molar-refractivity contribution in [3.05, 3.63) is 182 Å². The van der Waals surface area contributed by atoms with Gasteiger partial charge in [-0.3, -0.25) is 0 Å². The molecule has 5 heteroatoms. The van der Waals surface area contributed by atoms with Gasteiger partial charge in [-0.05, 0) is 89.0 Å². The molecule has 12 rings (SSSR count). The molecule has 55 heavy (non-hydrogen) atoms. The van der Waals surface area contributed by atoms with Crippen LogP contribution in [0.4, 0.5) is 0 Å². The molecule has 0 fully saturated rings. The van der Waals surface area contributed by atoms with Crippen molar-refractivity contribution in [1.29, 1.82) is 0 Å². The lowest BCUT2D eigenvalue weighted by Crippen LogP contribution is -2.07. The third-order valence-corrected chi connectivity index (χ3v) is 11.5. The minimum atomic E-state index is 0.0575. The molecule has 258 valence electrons. The zero-order chi connectivity index (χ0) is 36.0. The van der Waals surface area contributed by atoms with Crippen LogP contribution in [0, 0.1) is 0 Å². The first-order chi connectivity index (χ1) is 27.3. The van der Waals surface area contributed by atoms with Crippen LogP contribution < -0.4 is 0 Å². The summed E-state index contributed by atoms with van der Waals surface area (Å²) in [6.45, 7) is 0. The van der Waals surface area contributed by atoms with Gasteiger partial charge in [-0.15, -0.1) is 0 Å². The highest BCUT2D eigenvalue weighted by molar-refractivity contribution is 6.17. The highest BCUT2D eigenvalue weighted by Gasteiger charge is 2.23. The second-order valence-electron chi connectivity index (χ2n) is 14.6. The highest BCUT2D eigenvalue weighted by atomic mass is 16.3. The maximum atomic E-state index is 6.30. The molecule has 0 radical (unpaired) electrons. The number of hydrogen-bond acceptors (Lipinski definition) is 3. The fourth-order valence-corrected chi connectivity index (χ4v) is 8.99. The van der Waals surface area contributed by atoms with Crippen LogP contribution in [-0.4, -0.2) is 19.1 Å². The Balaban J connectivity index is 0.940. The molecule has 5 nitrogen and oxygen atoms in total. The first-order valence-corrected chi connectivity index (χ1v) is 18.8. The van der Waals surface area contributed by atoms with Crippen LogP contribution >= 0.6 is 0 Å². The lowest BCUT2D eigenvalue weighted by Gasteiger charge is -2.20. The molecule has 0 saturated carbocycles. The average molecular weight is 705 g/mol. The fourth-order valence-electron chi connectivity index (χ4n) is 8.99. The van der Waals surface area contributed by atoms with Crippen LogP contribution in [0.3, 0.4) is 0 Å². The van der Waals surface area contributed by atoms with Gasteiger partial charge in [-0.2, -0.15) is 0 Å². The van der Waals surface area contributed by atoms with Crippen molar-refractivity contribution in [2.75, 3.05) is 0 Å². The van der Waals surface area contributed by atoms with Crippen LogP contribution in [0.25, 0.3) is 99.1 Å². The minimum absolute atomic E-state index is 0.0575. The summed E-state index contributed by atoms with van der Waals surface area (Å²) < 4.78 is 11.1. The summed E-state index contributed by atoms with van der Waals surface area (Å²) in [4.78, 5) is 10.0. The largest absolute Gasteiger partial charge is 0.436 e. The maximum absolute atomic E-state index is 6.30. The average Bonchev–Trinajstić information content (AvgIpc) is 3.91. The van der Waals surface area contributed by atoms with Crippen LogP contribution in [0.5, 0.6) is 0 Å². The number of hydrogen-bond donors (Lipinski definition) is 0. The van der Waals surface area contributed by atoms with Crippen molar-refractivity contribution < 1.29 is 4.42 Å². The molecule has 1 atom stereocenters. The molecule has 0 N–H and O–H groups in total. The Morgan fingerprint density at radius 1 is 0.564 bits per heavy atom. The monoisotopic (exact) mass is 704 g/mol. The first-order valence-electron chi connectivity index (χ1n) is 18.8. The van der Waals surface area contributed by atoms with E-state index in [9.17, 15) is 0 Å². The van der Waals surface area contributed by atoms with E-state index in [1.165, 1.54) is 71.5 Å². The Labute approximate surface area is 315 Å². The fraction of sp³-hybridized carbons (Fsp3) is 0.0400.